The number of hydrogen-bond acceptors (Lipinski definition) is 16. The van der Waals surface area contributed by atoms with E-state index < -0.39 is 110 Å². The topological polar surface area (TPSA) is 320 Å². The van der Waals surface area contributed by atoms with Gasteiger partial charge in [0, 0.05) is 0 Å². The van der Waals surface area contributed by atoms with Gasteiger partial charge in [0.25, 0.3) is 0 Å². The number of aliphatic hydroxyl groups excluding tert-OH is 8. The minimum Gasteiger partial charge on any atom is -0.479 e. The van der Waals surface area contributed by atoms with E-state index >= 15 is 0 Å². The van der Waals surface area contributed by atoms with E-state index in [-0.39, 0.29) is 0 Å². The molecule has 0 spiro atoms. The maximum absolute atomic E-state index is 11.8. The molecule has 0 saturated carbocycles. The molecule has 3 rings (SSSR count). The fourth-order valence-corrected chi connectivity index (χ4v) is 3.98. The van der Waals surface area contributed by atoms with Crippen LogP contribution in [0.3, 0.4) is 0 Å². The van der Waals surface area contributed by atoms with Crippen LogP contribution in [0.1, 0.15) is 0 Å². The van der Waals surface area contributed by atoms with E-state index in [0.717, 1.165) is 0 Å². The van der Waals surface area contributed by atoms with Crippen molar-refractivity contribution >= 4 is 17.9 Å². The molecule has 19 nitrogen and oxygen atoms in total. The van der Waals surface area contributed by atoms with E-state index in [0.29, 0.717) is 0 Å². The van der Waals surface area contributed by atoms with Gasteiger partial charge in [0.05, 0.1) is 0 Å². The summed E-state index contributed by atoms with van der Waals surface area (Å²) in [4.78, 5) is 34.5. The van der Waals surface area contributed by atoms with Crippen LogP contribution in [0, 0.1) is 0 Å². The van der Waals surface area contributed by atoms with Gasteiger partial charge in [0.2, 0.25) is 0 Å². The summed E-state index contributed by atoms with van der Waals surface area (Å²) >= 11 is 0. The first-order valence-corrected chi connectivity index (χ1v) is 10.6. The molecule has 11 N–H and O–H groups in total. The second-order valence-corrected chi connectivity index (χ2v) is 8.45. The molecule has 15 atom stereocenters. The molecule has 3 aliphatic rings. The molecule has 0 radical (unpaired) electrons. The highest BCUT2D eigenvalue weighted by Crippen LogP contribution is 2.32. The molecule has 0 aromatic heterocycles. The molecular formula is C18H26O19. The molecule has 0 aliphatic carbocycles. The van der Waals surface area contributed by atoms with Gasteiger partial charge in [-0.15, -0.1) is 0 Å². The van der Waals surface area contributed by atoms with Gasteiger partial charge in [-0.05, 0) is 0 Å². The zero-order valence-corrected chi connectivity index (χ0v) is 18.3. The summed E-state index contributed by atoms with van der Waals surface area (Å²) < 4.78 is 24.8. The number of aliphatic hydroxyl groups is 8. The maximum atomic E-state index is 11.8. The van der Waals surface area contributed by atoms with Crippen LogP contribution in [0.4, 0.5) is 0 Å². The van der Waals surface area contributed by atoms with Crippen LogP contribution in [0.5, 0.6) is 0 Å². The summed E-state index contributed by atoms with van der Waals surface area (Å²) in [5.74, 6) is -5.46. The molecule has 19 heteroatoms. The summed E-state index contributed by atoms with van der Waals surface area (Å²) in [5, 5.41) is 108. The Morgan fingerprint density at radius 1 is 0.459 bits per heavy atom. The summed E-state index contributed by atoms with van der Waals surface area (Å²) in [6.07, 6.45) is -32.5. The highest BCUT2D eigenvalue weighted by molar-refractivity contribution is 5.74. The van der Waals surface area contributed by atoms with Crippen LogP contribution < -0.4 is 0 Å². The third-order valence-electron chi connectivity index (χ3n) is 5.99. The Labute approximate surface area is 205 Å². The Morgan fingerprint density at radius 2 is 0.838 bits per heavy atom. The zero-order chi connectivity index (χ0) is 27.9. The second kappa shape index (κ2) is 11.3. The number of rotatable bonds is 7. The molecule has 3 heterocycles. The van der Waals surface area contributed by atoms with Crippen LogP contribution in [0.25, 0.3) is 0 Å². The van der Waals surface area contributed by atoms with Crippen molar-refractivity contribution in [2.75, 3.05) is 0 Å². The SMILES string of the molecule is O=C(O)C1O[C@@H](O[C@H]2C(C(=O)O)O[C@@H](O[C@H]3C(C(=O)O)O[C@@H](O)C(O)[C@H]3O)C(O)[C@H]2O)C(O)[C@@H](O)[C@H]1O. The highest BCUT2D eigenvalue weighted by Gasteiger charge is 2.56. The number of carbonyl (C=O) groups is 3. The molecule has 6 unspecified atom stereocenters. The fraction of sp³-hybridized carbons (Fsp3) is 0.833. The van der Waals surface area contributed by atoms with E-state index in [9.17, 15) is 65.4 Å². The number of aliphatic carboxylic acids is 3. The minimum atomic E-state index is -2.29. The van der Waals surface area contributed by atoms with Crippen molar-refractivity contribution in [2.24, 2.45) is 0 Å². The quantitative estimate of drug-likeness (QED) is 0.141. The van der Waals surface area contributed by atoms with Gasteiger partial charge in [0.15, 0.2) is 37.2 Å². The lowest BCUT2D eigenvalue weighted by atomic mass is 9.95. The van der Waals surface area contributed by atoms with Gasteiger partial charge in [-0.1, -0.05) is 0 Å². The predicted octanol–water partition coefficient (Wildman–Crippen LogP) is -7.30. The van der Waals surface area contributed by atoms with Crippen molar-refractivity contribution < 1.29 is 94.2 Å². The van der Waals surface area contributed by atoms with Gasteiger partial charge in [-0.2, -0.15) is 0 Å². The van der Waals surface area contributed by atoms with E-state index in [1.54, 1.807) is 0 Å². The second-order valence-electron chi connectivity index (χ2n) is 8.45. The average molecular weight is 546 g/mol. The van der Waals surface area contributed by atoms with Gasteiger partial charge in [-0.25, -0.2) is 14.4 Å². The summed E-state index contributed by atoms with van der Waals surface area (Å²) in [7, 11) is 0. The van der Waals surface area contributed by atoms with E-state index in [1.807, 2.05) is 0 Å². The molecule has 3 fully saturated rings. The molecule has 0 bridgehead atoms. The zero-order valence-electron chi connectivity index (χ0n) is 18.3. The van der Waals surface area contributed by atoms with Crippen molar-refractivity contribution in [3.05, 3.63) is 0 Å². The van der Waals surface area contributed by atoms with Crippen LogP contribution in [0.2, 0.25) is 0 Å². The Bertz CT molecular complexity index is 853. The van der Waals surface area contributed by atoms with Gasteiger partial charge in [-0.3, -0.25) is 0 Å². The Balaban J connectivity index is 1.81. The third-order valence-corrected chi connectivity index (χ3v) is 5.99. The smallest absolute Gasteiger partial charge is 0.335 e. The Kier molecular flexibility index (Phi) is 9.01. The molecular weight excluding hydrogens is 520 g/mol. The first kappa shape index (κ1) is 29.4. The summed E-state index contributed by atoms with van der Waals surface area (Å²) in [6, 6.07) is 0. The molecule has 0 aromatic rings. The Morgan fingerprint density at radius 3 is 1.30 bits per heavy atom. The van der Waals surface area contributed by atoms with Gasteiger partial charge in [0.1, 0.15) is 54.9 Å². The monoisotopic (exact) mass is 546 g/mol. The van der Waals surface area contributed by atoms with Crippen molar-refractivity contribution in [3.8, 4) is 0 Å². The average Bonchev–Trinajstić information content (AvgIpc) is 2.82. The molecule has 212 valence electrons. The minimum absolute atomic E-state index is 1.79. The van der Waals surface area contributed by atoms with Crippen LogP contribution in [-0.4, -0.2) is 166 Å². The molecule has 3 aliphatic heterocycles. The highest BCUT2D eigenvalue weighted by atomic mass is 16.8. The van der Waals surface area contributed by atoms with Crippen molar-refractivity contribution in [1.82, 2.24) is 0 Å². The number of ether oxygens (including phenoxy) is 5. The van der Waals surface area contributed by atoms with Crippen molar-refractivity contribution in [1.29, 1.82) is 0 Å². The number of carboxylic acids is 3. The molecule has 0 aromatic carbocycles. The van der Waals surface area contributed by atoms with E-state index in [4.69, 9.17) is 24.1 Å². The Hall–Kier alpha value is -2.11. The predicted molar refractivity (Wildman–Crippen MR) is 103 cm³/mol. The lowest BCUT2D eigenvalue weighted by Crippen LogP contribution is -2.67. The van der Waals surface area contributed by atoms with E-state index in [1.165, 1.54) is 0 Å². The molecule has 3 saturated heterocycles. The largest absolute Gasteiger partial charge is 0.479 e. The summed E-state index contributed by atoms with van der Waals surface area (Å²) in [6.45, 7) is 0. The first-order valence-electron chi connectivity index (χ1n) is 10.6. The van der Waals surface area contributed by atoms with Crippen LogP contribution >= 0.6 is 0 Å². The van der Waals surface area contributed by atoms with Crippen LogP contribution in [0.15, 0.2) is 0 Å². The van der Waals surface area contributed by atoms with E-state index in [2.05, 4.69) is 4.74 Å². The van der Waals surface area contributed by atoms with Crippen LogP contribution in [-0.2, 0) is 38.1 Å². The first-order chi connectivity index (χ1) is 17.2. The summed E-state index contributed by atoms with van der Waals surface area (Å²) in [5.41, 5.74) is 0. The van der Waals surface area contributed by atoms with Gasteiger partial charge < -0.3 is 79.9 Å². The standard InChI is InChI=1S/C18H26O19/c19-1-2(20)10(13(26)27)36-17(6(1)24)35-9-4(22)7(25)18(37-12(9)15(30)31)34-8-3(21)5(23)16(32)33-11(8)14(28)29/h1-12,16-25,32H,(H,26,27)(H,28,29)(H,30,31)/t1-,2+,3+,4+,5?,6?,7?,8+,9+,10?,11?,12?,16+,17+,18+/m0/s1. The normalized spacial score (nSPS) is 48.8. The molecule has 37 heavy (non-hydrogen) atoms. The van der Waals surface area contributed by atoms with Gasteiger partial charge >= 0.3 is 17.9 Å². The van der Waals surface area contributed by atoms with Crippen molar-refractivity contribution in [3.63, 3.8) is 0 Å². The lowest BCUT2D eigenvalue weighted by molar-refractivity contribution is -0.368. The maximum Gasteiger partial charge on any atom is 0.335 e. The van der Waals surface area contributed by atoms with Crippen molar-refractivity contribution in [2.45, 2.75) is 92.1 Å². The number of carboxylic acid groups (broad SMARTS) is 3. The fourth-order valence-electron chi connectivity index (χ4n) is 3.98. The lowest BCUT2D eigenvalue weighted by Gasteiger charge is -2.46. The molecule has 0 amide bonds. The number of hydrogen-bond donors (Lipinski definition) is 11. The third kappa shape index (κ3) is 5.68.